The van der Waals surface area contributed by atoms with E-state index in [1.54, 1.807) is 19.9 Å². The van der Waals surface area contributed by atoms with Crippen LogP contribution < -0.4 is 10.1 Å². The Hall–Kier alpha value is -2.38. The Bertz CT molecular complexity index is 920. The minimum Gasteiger partial charge on any atom is -0.492 e. The number of sulfonamides is 1. The zero-order valence-electron chi connectivity index (χ0n) is 16.4. The number of carbonyl (C=O) groups excluding carboxylic acids is 1. The first-order valence-electron chi connectivity index (χ1n) is 8.64. The molecule has 0 aliphatic carbocycles. The molecule has 0 heterocycles. The van der Waals surface area contributed by atoms with E-state index < -0.39 is 10.0 Å². The summed E-state index contributed by atoms with van der Waals surface area (Å²) in [5.41, 5.74) is 2.85. The fourth-order valence-electron chi connectivity index (χ4n) is 2.49. The molecular weight excluding hydrogens is 364 g/mol. The van der Waals surface area contributed by atoms with E-state index in [0.29, 0.717) is 24.3 Å². The second-order valence-corrected chi connectivity index (χ2v) is 8.74. The molecule has 0 spiro atoms. The molecule has 0 bridgehead atoms. The molecule has 0 atom stereocenters. The van der Waals surface area contributed by atoms with Gasteiger partial charge >= 0.3 is 0 Å². The predicted molar refractivity (Wildman–Crippen MR) is 106 cm³/mol. The number of nitrogens with one attached hydrogen (secondary N) is 1. The van der Waals surface area contributed by atoms with Gasteiger partial charge < -0.3 is 10.1 Å². The first-order chi connectivity index (χ1) is 12.6. The molecule has 0 radical (unpaired) electrons. The highest BCUT2D eigenvalue weighted by Gasteiger charge is 2.22. The first-order valence-corrected chi connectivity index (χ1v) is 10.1. The molecule has 0 fully saturated rings. The van der Waals surface area contributed by atoms with Crippen LogP contribution in [0.5, 0.6) is 5.75 Å². The summed E-state index contributed by atoms with van der Waals surface area (Å²) in [6, 6.07) is 10.8. The molecule has 0 aliphatic rings. The second-order valence-electron chi connectivity index (χ2n) is 6.62. The molecule has 6 nitrogen and oxygen atoms in total. The van der Waals surface area contributed by atoms with Crippen LogP contribution >= 0.6 is 0 Å². The van der Waals surface area contributed by atoms with Gasteiger partial charge in [-0.15, -0.1) is 0 Å². The summed E-state index contributed by atoms with van der Waals surface area (Å²) in [5, 5.41) is 2.76. The number of hydrogen-bond acceptors (Lipinski definition) is 4. The first kappa shape index (κ1) is 20.9. The van der Waals surface area contributed by atoms with Crippen LogP contribution in [0.2, 0.25) is 0 Å². The average molecular weight is 391 g/mol. The lowest BCUT2D eigenvalue weighted by Crippen LogP contribution is -2.29. The quantitative estimate of drug-likeness (QED) is 0.738. The Morgan fingerprint density at radius 1 is 1.07 bits per heavy atom. The molecule has 2 aromatic carbocycles. The monoisotopic (exact) mass is 390 g/mol. The third-order valence-electron chi connectivity index (χ3n) is 4.32. The van der Waals surface area contributed by atoms with Gasteiger partial charge in [0.25, 0.3) is 5.91 Å². The van der Waals surface area contributed by atoms with Crippen molar-refractivity contribution in [3.63, 3.8) is 0 Å². The van der Waals surface area contributed by atoms with E-state index in [9.17, 15) is 13.2 Å². The molecule has 1 amide bonds. The van der Waals surface area contributed by atoms with Crippen molar-refractivity contribution < 1.29 is 17.9 Å². The van der Waals surface area contributed by atoms with Crippen molar-refractivity contribution in [3.05, 3.63) is 58.7 Å². The number of nitrogens with zero attached hydrogens (tertiary/aromatic N) is 1. The van der Waals surface area contributed by atoms with Crippen LogP contribution in [0.15, 0.2) is 41.3 Å². The van der Waals surface area contributed by atoms with Crippen molar-refractivity contribution in [2.24, 2.45) is 0 Å². The van der Waals surface area contributed by atoms with E-state index in [1.807, 2.05) is 31.2 Å². The van der Waals surface area contributed by atoms with Gasteiger partial charge in [-0.3, -0.25) is 4.79 Å². The largest absolute Gasteiger partial charge is 0.492 e. The van der Waals surface area contributed by atoms with Crippen molar-refractivity contribution in [1.29, 1.82) is 0 Å². The van der Waals surface area contributed by atoms with E-state index in [0.717, 1.165) is 21.2 Å². The molecule has 0 unspecified atom stereocenters. The molecule has 2 rings (SSSR count). The zero-order chi connectivity index (χ0) is 20.2. The van der Waals surface area contributed by atoms with E-state index in [1.165, 1.54) is 20.2 Å². The molecular formula is C20H26N2O4S. The molecule has 2 aromatic rings. The number of aryl methyl sites for hydroxylation is 2. The SMILES string of the molecule is Cc1ccc(OCCNC(=O)c2cc(C)c(C)c(S(=O)(=O)N(C)C)c2)cc1. The lowest BCUT2D eigenvalue weighted by atomic mass is 10.1. The highest BCUT2D eigenvalue weighted by atomic mass is 32.2. The lowest BCUT2D eigenvalue weighted by Gasteiger charge is -2.16. The summed E-state index contributed by atoms with van der Waals surface area (Å²) in [6.07, 6.45) is 0. The maximum Gasteiger partial charge on any atom is 0.251 e. The number of ether oxygens (including phenoxy) is 1. The van der Waals surface area contributed by atoms with Gasteiger partial charge in [0.05, 0.1) is 11.4 Å². The second kappa shape index (κ2) is 8.54. The fourth-order valence-corrected chi connectivity index (χ4v) is 3.71. The highest BCUT2D eigenvalue weighted by Crippen LogP contribution is 2.23. The third kappa shape index (κ3) is 5.08. The van der Waals surface area contributed by atoms with E-state index in [4.69, 9.17) is 4.74 Å². The summed E-state index contributed by atoms with van der Waals surface area (Å²) >= 11 is 0. The highest BCUT2D eigenvalue weighted by molar-refractivity contribution is 7.89. The normalized spacial score (nSPS) is 11.5. The van der Waals surface area contributed by atoms with Gasteiger partial charge in [0.2, 0.25) is 10.0 Å². The molecule has 146 valence electrons. The minimum absolute atomic E-state index is 0.147. The summed E-state index contributed by atoms with van der Waals surface area (Å²) in [4.78, 5) is 12.6. The minimum atomic E-state index is -3.62. The van der Waals surface area contributed by atoms with Crippen molar-refractivity contribution in [2.45, 2.75) is 25.7 Å². The molecule has 0 aliphatic heterocycles. The van der Waals surface area contributed by atoms with Crippen LogP contribution in [-0.4, -0.2) is 45.9 Å². The van der Waals surface area contributed by atoms with Crippen molar-refractivity contribution in [2.75, 3.05) is 27.2 Å². The zero-order valence-corrected chi connectivity index (χ0v) is 17.2. The summed E-state index contributed by atoms with van der Waals surface area (Å²) < 4.78 is 31.7. The number of amides is 1. The van der Waals surface area contributed by atoms with Gasteiger partial charge in [-0.05, 0) is 56.2 Å². The number of benzene rings is 2. The Morgan fingerprint density at radius 2 is 1.70 bits per heavy atom. The Balaban J connectivity index is 2.06. The Morgan fingerprint density at radius 3 is 2.30 bits per heavy atom. The molecule has 27 heavy (non-hydrogen) atoms. The number of rotatable bonds is 7. The number of hydrogen-bond donors (Lipinski definition) is 1. The van der Waals surface area contributed by atoms with Gasteiger partial charge in [0.1, 0.15) is 12.4 Å². The van der Waals surface area contributed by atoms with E-state index >= 15 is 0 Å². The molecule has 0 saturated heterocycles. The van der Waals surface area contributed by atoms with Gasteiger partial charge in [0, 0.05) is 19.7 Å². The van der Waals surface area contributed by atoms with Crippen molar-refractivity contribution >= 4 is 15.9 Å². The Kier molecular flexibility index (Phi) is 6.62. The lowest BCUT2D eigenvalue weighted by molar-refractivity contribution is 0.0946. The smallest absolute Gasteiger partial charge is 0.251 e. The van der Waals surface area contributed by atoms with Crippen LogP contribution in [0.1, 0.15) is 27.0 Å². The van der Waals surface area contributed by atoms with Crippen molar-refractivity contribution in [3.8, 4) is 5.75 Å². The summed E-state index contributed by atoms with van der Waals surface area (Å²) in [5.74, 6) is 0.404. The van der Waals surface area contributed by atoms with Gasteiger partial charge in [0.15, 0.2) is 0 Å². The van der Waals surface area contributed by atoms with Crippen LogP contribution in [-0.2, 0) is 10.0 Å². The molecule has 1 N–H and O–H groups in total. The molecule has 0 aromatic heterocycles. The summed E-state index contributed by atoms with van der Waals surface area (Å²) in [6.45, 7) is 6.17. The Labute approximate surface area is 161 Å². The van der Waals surface area contributed by atoms with E-state index in [2.05, 4.69) is 5.32 Å². The topological polar surface area (TPSA) is 75.7 Å². The maximum absolute atomic E-state index is 12.5. The van der Waals surface area contributed by atoms with Gasteiger partial charge in [-0.1, -0.05) is 17.7 Å². The molecule has 7 heteroatoms. The van der Waals surface area contributed by atoms with Gasteiger partial charge in [-0.25, -0.2) is 12.7 Å². The average Bonchev–Trinajstić information content (AvgIpc) is 2.61. The third-order valence-corrected chi connectivity index (χ3v) is 6.26. The van der Waals surface area contributed by atoms with Crippen molar-refractivity contribution in [1.82, 2.24) is 9.62 Å². The van der Waals surface area contributed by atoms with E-state index in [-0.39, 0.29) is 10.8 Å². The van der Waals surface area contributed by atoms with Crippen LogP contribution in [0, 0.1) is 20.8 Å². The fraction of sp³-hybridized carbons (Fsp3) is 0.350. The predicted octanol–water partition coefficient (Wildman–Crippen LogP) is 2.67. The summed E-state index contributed by atoms with van der Waals surface area (Å²) in [7, 11) is -0.679. The van der Waals surface area contributed by atoms with Crippen LogP contribution in [0.3, 0.4) is 0 Å². The van der Waals surface area contributed by atoms with Crippen LogP contribution in [0.25, 0.3) is 0 Å². The maximum atomic E-state index is 12.5. The molecule has 0 saturated carbocycles. The van der Waals surface area contributed by atoms with Gasteiger partial charge in [-0.2, -0.15) is 0 Å². The standard InChI is InChI=1S/C20H26N2O4S/c1-14-6-8-18(9-7-14)26-11-10-21-20(23)17-12-15(2)16(3)19(13-17)27(24,25)22(4)5/h6-9,12-13H,10-11H2,1-5H3,(H,21,23). The van der Waals surface area contributed by atoms with Crippen LogP contribution in [0.4, 0.5) is 0 Å². The number of carbonyl (C=O) groups is 1.